The molecule has 0 saturated carbocycles. The summed E-state index contributed by atoms with van der Waals surface area (Å²) >= 11 is 0. The fraction of sp³-hybridized carbons (Fsp3) is 0.767. The number of aromatic hydroxyl groups is 3. The molecule has 5 heteroatoms. The lowest BCUT2D eigenvalue weighted by molar-refractivity contribution is 0.0496. The van der Waals surface area contributed by atoms with Gasteiger partial charge in [0.05, 0.1) is 12.2 Å². The second-order valence-corrected chi connectivity index (χ2v) is 10.1. The molecule has 0 unspecified atom stereocenters. The summed E-state index contributed by atoms with van der Waals surface area (Å²) in [6.07, 6.45) is 28.0. The van der Waals surface area contributed by atoms with Crippen LogP contribution in [-0.4, -0.2) is 27.9 Å². The van der Waals surface area contributed by atoms with Crippen molar-refractivity contribution in [3.63, 3.8) is 0 Å². The topological polar surface area (TPSA) is 87.0 Å². The van der Waals surface area contributed by atoms with Gasteiger partial charge in [-0.05, 0) is 18.6 Å². The highest BCUT2D eigenvalue weighted by Gasteiger charge is 2.14. The molecule has 1 aromatic carbocycles. The summed E-state index contributed by atoms with van der Waals surface area (Å²) in [5.41, 5.74) is 0.0290. The monoisotopic (exact) mass is 492 g/mol. The molecular weight excluding hydrogens is 440 g/mol. The van der Waals surface area contributed by atoms with Gasteiger partial charge in [-0.25, -0.2) is 4.79 Å². The third kappa shape index (κ3) is 16.4. The first kappa shape index (κ1) is 31.1. The van der Waals surface area contributed by atoms with Crippen LogP contribution in [0.3, 0.4) is 0 Å². The molecule has 3 N–H and O–H groups in total. The van der Waals surface area contributed by atoms with E-state index in [2.05, 4.69) is 6.92 Å². The number of unbranched alkanes of at least 4 members (excludes halogenated alkanes) is 20. The molecule has 0 aliphatic heterocycles. The molecule has 0 heterocycles. The first-order valence-corrected chi connectivity index (χ1v) is 14.5. The highest BCUT2D eigenvalue weighted by molar-refractivity contribution is 5.91. The molecule has 0 atom stereocenters. The number of carbonyl (C=O) groups is 1. The van der Waals surface area contributed by atoms with Crippen molar-refractivity contribution < 1.29 is 24.9 Å². The van der Waals surface area contributed by atoms with E-state index in [1.165, 1.54) is 116 Å². The van der Waals surface area contributed by atoms with Crippen LogP contribution in [0.15, 0.2) is 12.1 Å². The van der Waals surface area contributed by atoms with Crippen molar-refractivity contribution in [2.24, 2.45) is 0 Å². The summed E-state index contributed by atoms with van der Waals surface area (Å²) in [5, 5.41) is 28.2. The first-order chi connectivity index (χ1) is 17.1. The molecule has 0 aliphatic carbocycles. The maximum atomic E-state index is 11.9. The second kappa shape index (κ2) is 21.4. The summed E-state index contributed by atoms with van der Waals surface area (Å²) in [6, 6.07) is 2.19. The summed E-state index contributed by atoms with van der Waals surface area (Å²) in [6.45, 7) is 2.60. The summed E-state index contributed by atoms with van der Waals surface area (Å²) < 4.78 is 5.18. The van der Waals surface area contributed by atoms with Crippen molar-refractivity contribution in [1.82, 2.24) is 0 Å². The van der Waals surface area contributed by atoms with Crippen molar-refractivity contribution in [3.05, 3.63) is 17.7 Å². The fourth-order valence-corrected chi connectivity index (χ4v) is 4.50. The Bertz CT molecular complexity index is 635. The molecule has 0 amide bonds. The Hall–Kier alpha value is -1.91. The van der Waals surface area contributed by atoms with Crippen molar-refractivity contribution in [2.75, 3.05) is 6.61 Å². The van der Waals surface area contributed by atoms with E-state index in [1.807, 2.05) is 0 Å². The quantitative estimate of drug-likeness (QED) is 0.0805. The number of esters is 1. The largest absolute Gasteiger partial charge is 0.504 e. The zero-order valence-corrected chi connectivity index (χ0v) is 22.4. The van der Waals surface area contributed by atoms with E-state index in [9.17, 15) is 20.1 Å². The predicted octanol–water partition coefficient (Wildman–Crippen LogP) is 9.17. The van der Waals surface area contributed by atoms with Crippen LogP contribution in [0.5, 0.6) is 17.2 Å². The van der Waals surface area contributed by atoms with Gasteiger partial charge in [-0.15, -0.1) is 0 Å². The minimum atomic E-state index is -0.633. The van der Waals surface area contributed by atoms with Gasteiger partial charge in [0.15, 0.2) is 17.2 Å². The van der Waals surface area contributed by atoms with Gasteiger partial charge in [0.2, 0.25) is 0 Å². The molecule has 0 bridgehead atoms. The van der Waals surface area contributed by atoms with Gasteiger partial charge in [0.1, 0.15) is 0 Å². The number of hydrogen-bond donors (Lipinski definition) is 3. The third-order valence-electron chi connectivity index (χ3n) is 6.79. The van der Waals surface area contributed by atoms with Crippen LogP contribution in [0, 0.1) is 0 Å². The van der Waals surface area contributed by atoms with Crippen LogP contribution in [0.4, 0.5) is 0 Å². The number of carbonyl (C=O) groups excluding carboxylic acids is 1. The Labute approximate surface area is 214 Å². The minimum absolute atomic E-state index is 0.0290. The van der Waals surface area contributed by atoms with E-state index in [-0.39, 0.29) is 5.56 Å². The Morgan fingerprint density at radius 2 is 0.886 bits per heavy atom. The highest BCUT2D eigenvalue weighted by atomic mass is 16.5. The number of ether oxygens (including phenoxy) is 1. The van der Waals surface area contributed by atoms with Crippen LogP contribution in [-0.2, 0) is 4.74 Å². The van der Waals surface area contributed by atoms with Gasteiger partial charge in [0.25, 0.3) is 0 Å². The van der Waals surface area contributed by atoms with Crippen molar-refractivity contribution in [3.8, 4) is 17.2 Å². The maximum Gasteiger partial charge on any atom is 0.338 e. The smallest absolute Gasteiger partial charge is 0.338 e. The van der Waals surface area contributed by atoms with Crippen LogP contribution in [0.2, 0.25) is 0 Å². The number of phenols is 3. The van der Waals surface area contributed by atoms with Crippen molar-refractivity contribution in [1.29, 1.82) is 0 Å². The lowest BCUT2D eigenvalue weighted by Crippen LogP contribution is -2.06. The summed E-state index contributed by atoms with van der Waals surface area (Å²) in [5.74, 6) is -2.31. The van der Waals surface area contributed by atoms with E-state index in [0.717, 1.165) is 31.4 Å². The van der Waals surface area contributed by atoms with Gasteiger partial charge >= 0.3 is 5.97 Å². The number of rotatable bonds is 23. The average Bonchev–Trinajstić information content (AvgIpc) is 2.85. The lowest BCUT2D eigenvalue weighted by Gasteiger charge is -2.07. The fourth-order valence-electron chi connectivity index (χ4n) is 4.50. The van der Waals surface area contributed by atoms with Gasteiger partial charge in [0, 0.05) is 0 Å². The van der Waals surface area contributed by atoms with Gasteiger partial charge in [-0.2, -0.15) is 0 Å². The third-order valence-corrected chi connectivity index (χ3v) is 6.79. The molecule has 1 aromatic rings. The molecule has 0 aromatic heterocycles. The Balaban J connectivity index is 1.79. The predicted molar refractivity (Wildman–Crippen MR) is 144 cm³/mol. The van der Waals surface area contributed by atoms with E-state index < -0.39 is 23.2 Å². The summed E-state index contributed by atoms with van der Waals surface area (Å²) in [4.78, 5) is 11.9. The van der Waals surface area contributed by atoms with Crippen LogP contribution in [0.1, 0.15) is 152 Å². The molecule has 1 rings (SSSR count). The van der Waals surface area contributed by atoms with E-state index in [0.29, 0.717) is 6.61 Å². The molecule has 0 aliphatic rings. The molecule has 35 heavy (non-hydrogen) atoms. The van der Waals surface area contributed by atoms with Gasteiger partial charge in [-0.1, -0.05) is 135 Å². The molecular formula is C30H52O5. The molecule has 0 fully saturated rings. The van der Waals surface area contributed by atoms with Crippen LogP contribution < -0.4 is 0 Å². The van der Waals surface area contributed by atoms with Crippen LogP contribution >= 0.6 is 0 Å². The van der Waals surface area contributed by atoms with Gasteiger partial charge in [-0.3, -0.25) is 0 Å². The standard InChI is InChI=1S/C30H52O5/c1-2-3-4-5-6-7-8-9-10-11-12-13-14-15-16-17-18-19-20-21-22-23-35-30(34)26-24-27(31)29(33)28(32)25-26/h24-25,31-33H,2-23H2,1H3. The van der Waals surface area contributed by atoms with E-state index >= 15 is 0 Å². The second-order valence-electron chi connectivity index (χ2n) is 10.1. The number of hydrogen-bond acceptors (Lipinski definition) is 5. The average molecular weight is 493 g/mol. The lowest BCUT2D eigenvalue weighted by atomic mass is 10.0. The number of phenolic OH excluding ortho intramolecular Hbond substituents is 3. The zero-order chi connectivity index (χ0) is 25.6. The first-order valence-electron chi connectivity index (χ1n) is 14.5. The number of benzene rings is 1. The van der Waals surface area contributed by atoms with E-state index in [1.54, 1.807) is 0 Å². The molecule has 5 nitrogen and oxygen atoms in total. The Morgan fingerprint density at radius 1 is 0.571 bits per heavy atom. The zero-order valence-electron chi connectivity index (χ0n) is 22.4. The Morgan fingerprint density at radius 3 is 1.23 bits per heavy atom. The summed E-state index contributed by atoms with van der Waals surface area (Å²) in [7, 11) is 0. The minimum Gasteiger partial charge on any atom is -0.504 e. The highest BCUT2D eigenvalue weighted by Crippen LogP contribution is 2.35. The molecule has 0 radical (unpaired) electrons. The maximum absolute atomic E-state index is 11.9. The van der Waals surface area contributed by atoms with Crippen molar-refractivity contribution >= 4 is 5.97 Å². The normalized spacial score (nSPS) is 11.1. The Kier molecular flexibility index (Phi) is 19.0. The SMILES string of the molecule is CCCCCCCCCCCCCCCCCCCCCCCOC(=O)c1cc(O)c(O)c(O)c1. The van der Waals surface area contributed by atoms with Gasteiger partial charge < -0.3 is 20.1 Å². The van der Waals surface area contributed by atoms with Crippen LogP contribution in [0.25, 0.3) is 0 Å². The van der Waals surface area contributed by atoms with Crippen molar-refractivity contribution in [2.45, 2.75) is 142 Å². The van der Waals surface area contributed by atoms with E-state index in [4.69, 9.17) is 4.74 Å². The molecule has 202 valence electrons. The molecule has 0 saturated heterocycles. The molecule has 0 spiro atoms.